The molecule has 3 nitrogen and oxygen atoms in total. The third-order valence-electron chi connectivity index (χ3n) is 3.76. The molecule has 0 radical (unpaired) electrons. The van der Waals surface area contributed by atoms with E-state index in [9.17, 15) is 9.18 Å². The van der Waals surface area contributed by atoms with Gasteiger partial charge >= 0.3 is 0 Å². The van der Waals surface area contributed by atoms with Gasteiger partial charge in [-0.1, -0.05) is 24.4 Å². The van der Waals surface area contributed by atoms with Crippen molar-refractivity contribution in [3.63, 3.8) is 0 Å². The van der Waals surface area contributed by atoms with E-state index in [1.807, 2.05) is 6.92 Å². The van der Waals surface area contributed by atoms with E-state index in [-0.39, 0.29) is 16.8 Å². The van der Waals surface area contributed by atoms with Crippen LogP contribution < -0.4 is 11.1 Å². The van der Waals surface area contributed by atoms with Crippen molar-refractivity contribution in [2.45, 2.75) is 38.1 Å². The monoisotopic (exact) mass is 284 g/mol. The number of nitrogens with two attached hydrogens (primary N) is 1. The Hall–Kier alpha value is -1.13. The molecule has 1 aromatic carbocycles. The van der Waals surface area contributed by atoms with Crippen LogP contribution in [-0.4, -0.2) is 11.4 Å². The molecule has 1 amide bonds. The number of carbonyl (C=O) groups is 1. The van der Waals surface area contributed by atoms with E-state index in [1.54, 1.807) is 6.07 Å². The summed E-state index contributed by atoms with van der Waals surface area (Å²) in [6.07, 6.45) is 3.65. The second kappa shape index (κ2) is 5.47. The smallest absolute Gasteiger partial charge is 0.229 e. The van der Waals surface area contributed by atoms with E-state index in [0.29, 0.717) is 5.69 Å². The lowest BCUT2D eigenvalue weighted by atomic mass is 9.74. The highest BCUT2D eigenvalue weighted by atomic mass is 35.5. The van der Waals surface area contributed by atoms with Crippen molar-refractivity contribution >= 4 is 23.2 Å². The SMILES string of the molecule is CC1(N)CCCCC1C(=O)Nc1ccc(Cl)c(F)c1. The summed E-state index contributed by atoms with van der Waals surface area (Å²) < 4.78 is 13.3. The molecule has 2 atom stereocenters. The first kappa shape index (κ1) is 14.3. The van der Waals surface area contributed by atoms with Gasteiger partial charge in [-0.15, -0.1) is 0 Å². The van der Waals surface area contributed by atoms with Crippen molar-refractivity contribution in [1.29, 1.82) is 0 Å². The molecule has 0 saturated heterocycles. The topological polar surface area (TPSA) is 55.1 Å². The lowest BCUT2D eigenvalue weighted by Crippen LogP contribution is -2.51. The third kappa shape index (κ3) is 3.25. The van der Waals surface area contributed by atoms with Crippen LogP contribution in [0, 0.1) is 11.7 Å². The highest BCUT2D eigenvalue weighted by molar-refractivity contribution is 6.30. The zero-order chi connectivity index (χ0) is 14.0. The minimum absolute atomic E-state index is 0.0410. The molecule has 1 aliphatic rings. The highest BCUT2D eigenvalue weighted by Gasteiger charge is 2.37. The Morgan fingerprint density at radius 3 is 2.89 bits per heavy atom. The van der Waals surface area contributed by atoms with Gasteiger partial charge in [-0.2, -0.15) is 0 Å². The van der Waals surface area contributed by atoms with Gasteiger partial charge in [-0.05, 0) is 38.0 Å². The number of amides is 1. The first-order valence-corrected chi connectivity index (χ1v) is 6.83. The summed E-state index contributed by atoms with van der Waals surface area (Å²) in [5, 5.41) is 2.76. The number of halogens is 2. The van der Waals surface area contributed by atoms with Crippen LogP contribution in [0.15, 0.2) is 18.2 Å². The Balaban J connectivity index is 2.09. The summed E-state index contributed by atoms with van der Waals surface area (Å²) in [5.41, 5.74) is 6.09. The van der Waals surface area contributed by atoms with E-state index < -0.39 is 11.4 Å². The number of hydrogen-bond acceptors (Lipinski definition) is 2. The molecular weight excluding hydrogens is 267 g/mol. The Morgan fingerprint density at radius 1 is 1.53 bits per heavy atom. The third-order valence-corrected chi connectivity index (χ3v) is 4.06. The summed E-state index contributed by atoms with van der Waals surface area (Å²) in [6.45, 7) is 1.90. The molecule has 1 fully saturated rings. The zero-order valence-corrected chi connectivity index (χ0v) is 11.6. The number of rotatable bonds is 2. The molecule has 1 aromatic rings. The van der Waals surface area contributed by atoms with E-state index in [2.05, 4.69) is 5.32 Å². The molecule has 3 N–H and O–H groups in total. The van der Waals surface area contributed by atoms with Gasteiger partial charge in [0, 0.05) is 11.2 Å². The normalized spacial score (nSPS) is 27.1. The van der Waals surface area contributed by atoms with Crippen LogP contribution in [0.25, 0.3) is 0 Å². The molecule has 104 valence electrons. The lowest BCUT2D eigenvalue weighted by molar-refractivity contribution is -0.122. The summed E-state index contributed by atoms with van der Waals surface area (Å²) in [4.78, 5) is 12.2. The van der Waals surface area contributed by atoms with Crippen LogP contribution in [0.4, 0.5) is 10.1 Å². The molecule has 5 heteroatoms. The number of hydrogen-bond donors (Lipinski definition) is 2. The molecule has 2 unspecified atom stereocenters. The van der Waals surface area contributed by atoms with Gasteiger partial charge < -0.3 is 11.1 Å². The van der Waals surface area contributed by atoms with Gasteiger partial charge in [0.25, 0.3) is 0 Å². The second-order valence-corrected chi connectivity index (χ2v) is 5.83. The zero-order valence-electron chi connectivity index (χ0n) is 10.9. The molecule has 1 saturated carbocycles. The van der Waals surface area contributed by atoms with E-state index >= 15 is 0 Å². The van der Waals surface area contributed by atoms with Crippen LogP contribution >= 0.6 is 11.6 Å². The van der Waals surface area contributed by atoms with Gasteiger partial charge in [0.05, 0.1) is 10.9 Å². The summed E-state index contributed by atoms with van der Waals surface area (Å²) in [7, 11) is 0. The van der Waals surface area contributed by atoms with Gasteiger partial charge in [0.15, 0.2) is 0 Å². The number of anilines is 1. The van der Waals surface area contributed by atoms with Crippen LogP contribution in [0.5, 0.6) is 0 Å². The quantitative estimate of drug-likeness (QED) is 0.875. The van der Waals surface area contributed by atoms with Crippen molar-refractivity contribution in [1.82, 2.24) is 0 Å². The van der Waals surface area contributed by atoms with Crippen molar-refractivity contribution in [3.05, 3.63) is 29.0 Å². The second-order valence-electron chi connectivity index (χ2n) is 5.42. The number of carbonyl (C=O) groups excluding carboxylic acids is 1. The number of benzene rings is 1. The van der Waals surface area contributed by atoms with Crippen molar-refractivity contribution in [2.24, 2.45) is 11.7 Å². The molecule has 2 rings (SSSR count). The first-order chi connectivity index (χ1) is 8.90. The number of nitrogens with one attached hydrogen (secondary N) is 1. The first-order valence-electron chi connectivity index (χ1n) is 6.45. The lowest BCUT2D eigenvalue weighted by Gasteiger charge is -2.37. The Labute approximate surface area is 117 Å². The van der Waals surface area contributed by atoms with Crippen molar-refractivity contribution in [3.8, 4) is 0 Å². The Bertz CT molecular complexity index is 490. The summed E-state index contributed by atoms with van der Waals surface area (Å²) >= 11 is 5.60. The maximum Gasteiger partial charge on any atom is 0.229 e. The van der Waals surface area contributed by atoms with Crippen LogP contribution in [0.1, 0.15) is 32.6 Å². The maximum absolute atomic E-state index is 13.3. The van der Waals surface area contributed by atoms with Gasteiger partial charge in [-0.3, -0.25) is 4.79 Å². The average Bonchev–Trinajstić information content (AvgIpc) is 2.33. The average molecular weight is 285 g/mol. The molecule has 0 aliphatic heterocycles. The standard InChI is InChI=1S/C14H18ClFN2O/c1-14(17)7-3-2-4-10(14)13(19)18-9-5-6-11(15)12(16)8-9/h5-6,8,10H,2-4,7,17H2,1H3,(H,18,19). The summed E-state index contributed by atoms with van der Waals surface area (Å²) in [5.74, 6) is -0.926. The van der Waals surface area contributed by atoms with Crippen LogP contribution in [-0.2, 0) is 4.79 Å². The van der Waals surface area contributed by atoms with Gasteiger partial charge in [-0.25, -0.2) is 4.39 Å². The van der Waals surface area contributed by atoms with Crippen LogP contribution in [0.2, 0.25) is 5.02 Å². The molecule has 19 heavy (non-hydrogen) atoms. The Kier molecular flexibility index (Phi) is 4.11. The Morgan fingerprint density at radius 2 is 2.26 bits per heavy atom. The minimum Gasteiger partial charge on any atom is -0.326 e. The van der Waals surface area contributed by atoms with E-state index in [0.717, 1.165) is 25.7 Å². The van der Waals surface area contributed by atoms with Gasteiger partial charge in [0.2, 0.25) is 5.91 Å². The molecule has 0 heterocycles. The summed E-state index contributed by atoms with van der Waals surface area (Å²) in [6, 6.07) is 4.23. The maximum atomic E-state index is 13.3. The fourth-order valence-corrected chi connectivity index (χ4v) is 2.71. The molecule has 0 spiro atoms. The van der Waals surface area contributed by atoms with Gasteiger partial charge in [0.1, 0.15) is 5.82 Å². The largest absolute Gasteiger partial charge is 0.326 e. The molecule has 0 bridgehead atoms. The molecule has 1 aliphatic carbocycles. The van der Waals surface area contributed by atoms with Crippen molar-refractivity contribution < 1.29 is 9.18 Å². The molecule has 0 aromatic heterocycles. The highest BCUT2D eigenvalue weighted by Crippen LogP contribution is 2.32. The van der Waals surface area contributed by atoms with Crippen molar-refractivity contribution in [2.75, 3.05) is 5.32 Å². The molecular formula is C14H18ClFN2O. The fraction of sp³-hybridized carbons (Fsp3) is 0.500. The fourth-order valence-electron chi connectivity index (χ4n) is 2.59. The van der Waals surface area contributed by atoms with Crippen LogP contribution in [0.3, 0.4) is 0 Å². The minimum atomic E-state index is -0.543. The van der Waals surface area contributed by atoms with E-state index in [4.69, 9.17) is 17.3 Å². The predicted octanol–water partition coefficient (Wildman–Crippen LogP) is 3.33. The van der Waals surface area contributed by atoms with E-state index in [1.165, 1.54) is 12.1 Å². The predicted molar refractivity (Wildman–Crippen MR) is 74.6 cm³/mol.